The molecule has 22 heavy (non-hydrogen) atoms. The van der Waals surface area contributed by atoms with Gasteiger partial charge < -0.3 is 9.67 Å². The Bertz CT molecular complexity index is 753. The van der Waals surface area contributed by atoms with Crippen LogP contribution in [0.2, 0.25) is 0 Å². The third-order valence-electron chi connectivity index (χ3n) is 3.10. The SMILES string of the molecule is CC(C)n1cnc(S(=O)(=O)N[C@H](C(=O)O)c2ccccc2)c1. The van der Waals surface area contributed by atoms with E-state index in [1.807, 2.05) is 13.8 Å². The van der Waals surface area contributed by atoms with Crippen molar-refractivity contribution in [3.05, 3.63) is 48.4 Å². The Morgan fingerprint density at radius 2 is 1.91 bits per heavy atom. The second-order valence-corrected chi connectivity index (χ2v) is 6.72. The van der Waals surface area contributed by atoms with E-state index in [1.165, 1.54) is 12.5 Å². The van der Waals surface area contributed by atoms with E-state index in [4.69, 9.17) is 0 Å². The topological polar surface area (TPSA) is 101 Å². The van der Waals surface area contributed by atoms with Crippen molar-refractivity contribution in [2.75, 3.05) is 0 Å². The lowest BCUT2D eigenvalue weighted by atomic mass is 10.1. The third kappa shape index (κ3) is 3.52. The summed E-state index contributed by atoms with van der Waals surface area (Å²) in [5, 5.41) is 9.07. The molecule has 0 saturated carbocycles. The summed E-state index contributed by atoms with van der Waals surface area (Å²) in [5.74, 6) is -1.28. The molecule has 1 aromatic carbocycles. The van der Waals surface area contributed by atoms with Crippen LogP contribution in [0.3, 0.4) is 0 Å². The van der Waals surface area contributed by atoms with Crippen LogP contribution in [0.15, 0.2) is 47.9 Å². The smallest absolute Gasteiger partial charge is 0.326 e. The van der Waals surface area contributed by atoms with Crippen LogP contribution in [-0.2, 0) is 14.8 Å². The number of sulfonamides is 1. The number of benzene rings is 1. The summed E-state index contributed by atoms with van der Waals surface area (Å²) in [6.45, 7) is 3.77. The third-order valence-corrected chi connectivity index (χ3v) is 4.41. The van der Waals surface area contributed by atoms with Crippen molar-refractivity contribution in [3.63, 3.8) is 0 Å². The number of carboxylic acids is 1. The van der Waals surface area contributed by atoms with Crippen LogP contribution in [0.25, 0.3) is 0 Å². The Morgan fingerprint density at radius 3 is 2.41 bits per heavy atom. The van der Waals surface area contributed by atoms with Gasteiger partial charge in [-0.05, 0) is 19.4 Å². The normalized spacial score (nSPS) is 13.2. The zero-order valence-electron chi connectivity index (χ0n) is 12.2. The van der Waals surface area contributed by atoms with Gasteiger partial charge in [-0.25, -0.2) is 13.4 Å². The first kappa shape index (κ1) is 16.2. The zero-order valence-corrected chi connectivity index (χ0v) is 13.0. The van der Waals surface area contributed by atoms with Crippen LogP contribution in [-0.4, -0.2) is 29.0 Å². The summed E-state index contributed by atoms with van der Waals surface area (Å²) in [7, 11) is -4.03. The van der Waals surface area contributed by atoms with E-state index in [-0.39, 0.29) is 11.1 Å². The first-order chi connectivity index (χ1) is 10.3. The number of hydrogen-bond donors (Lipinski definition) is 2. The molecular weight excluding hydrogens is 306 g/mol. The fraction of sp³-hybridized carbons (Fsp3) is 0.286. The second-order valence-electron chi connectivity index (χ2n) is 5.06. The lowest BCUT2D eigenvalue weighted by Gasteiger charge is -2.14. The van der Waals surface area contributed by atoms with Crippen LogP contribution in [0.4, 0.5) is 0 Å². The van der Waals surface area contributed by atoms with E-state index < -0.39 is 22.0 Å². The highest BCUT2D eigenvalue weighted by Gasteiger charge is 2.28. The minimum atomic E-state index is -4.03. The molecule has 0 unspecified atom stereocenters. The molecule has 0 aliphatic carbocycles. The number of nitrogens with one attached hydrogen (secondary N) is 1. The Hall–Kier alpha value is -2.19. The second kappa shape index (κ2) is 6.29. The summed E-state index contributed by atoms with van der Waals surface area (Å²) in [4.78, 5) is 15.2. The number of carboxylic acid groups (broad SMARTS) is 1. The van der Waals surface area contributed by atoms with E-state index in [1.54, 1.807) is 34.9 Å². The largest absolute Gasteiger partial charge is 0.480 e. The molecule has 0 fully saturated rings. The van der Waals surface area contributed by atoms with E-state index >= 15 is 0 Å². The number of carbonyl (C=O) groups is 1. The molecule has 2 N–H and O–H groups in total. The number of nitrogens with zero attached hydrogens (tertiary/aromatic N) is 2. The number of hydrogen-bond acceptors (Lipinski definition) is 4. The molecule has 7 nitrogen and oxygen atoms in total. The van der Waals surface area contributed by atoms with Crippen molar-refractivity contribution < 1.29 is 18.3 Å². The summed E-state index contributed by atoms with van der Waals surface area (Å²) in [5.41, 5.74) is 0.349. The van der Waals surface area contributed by atoms with Gasteiger partial charge in [-0.15, -0.1) is 0 Å². The maximum absolute atomic E-state index is 12.3. The number of rotatable bonds is 6. The van der Waals surface area contributed by atoms with Gasteiger partial charge in [0.1, 0.15) is 6.04 Å². The molecule has 1 heterocycles. The van der Waals surface area contributed by atoms with Gasteiger partial charge in [-0.2, -0.15) is 4.72 Å². The van der Waals surface area contributed by atoms with E-state index in [0.29, 0.717) is 5.56 Å². The molecule has 0 radical (unpaired) electrons. The molecule has 2 aromatic rings. The van der Waals surface area contributed by atoms with Crippen molar-refractivity contribution >= 4 is 16.0 Å². The summed E-state index contributed by atoms with van der Waals surface area (Å²) < 4.78 is 28.4. The van der Waals surface area contributed by atoms with Gasteiger partial charge in [0.15, 0.2) is 5.03 Å². The fourth-order valence-corrected chi connectivity index (χ4v) is 2.98. The van der Waals surface area contributed by atoms with Crippen molar-refractivity contribution in [1.29, 1.82) is 0 Å². The van der Waals surface area contributed by atoms with Crippen molar-refractivity contribution in [1.82, 2.24) is 14.3 Å². The first-order valence-corrected chi connectivity index (χ1v) is 8.13. The minimum Gasteiger partial charge on any atom is -0.480 e. The standard InChI is InChI=1S/C14H17N3O4S/c1-10(2)17-8-12(15-9-17)22(20,21)16-13(14(18)19)11-6-4-3-5-7-11/h3-10,13,16H,1-2H3,(H,18,19)/t13-/m0/s1. The first-order valence-electron chi connectivity index (χ1n) is 6.65. The Balaban J connectivity index is 2.30. The van der Waals surface area contributed by atoms with Gasteiger partial charge >= 0.3 is 5.97 Å². The molecule has 118 valence electrons. The summed E-state index contributed by atoms with van der Waals surface area (Å²) in [6.07, 6.45) is 2.77. The van der Waals surface area contributed by atoms with E-state index in [9.17, 15) is 18.3 Å². The van der Waals surface area contributed by atoms with Crippen LogP contribution >= 0.6 is 0 Å². The Labute approximate surface area is 128 Å². The van der Waals surface area contributed by atoms with Crippen LogP contribution < -0.4 is 4.72 Å². The maximum Gasteiger partial charge on any atom is 0.326 e. The monoisotopic (exact) mass is 323 g/mol. The molecule has 0 aliphatic rings. The van der Waals surface area contributed by atoms with E-state index in [0.717, 1.165) is 0 Å². The number of imidazole rings is 1. The molecule has 0 bridgehead atoms. The molecule has 0 spiro atoms. The lowest BCUT2D eigenvalue weighted by Crippen LogP contribution is -2.34. The predicted octanol–water partition coefficient (Wildman–Crippen LogP) is 1.57. The lowest BCUT2D eigenvalue weighted by molar-refractivity contribution is -0.139. The van der Waals surface area contributed by atoms with Gasteiger partial charge in [-0.3, -0.25) is 4.79 Å². The Morgan fingerprint density at radius 1 is 1.27 bits per heavy atom. The fourth-order valence-electron chi connectivity index (χ4n) is 1.86. The van der Waals surface area contributed by atoms with Crippen LogP contribution in [0, 0.1) is 0 Å². The van der Waals surface area contributed by atoms with Crippen molar-refractivity contribution in [2.24, 2.45) is 0 Å². The van der Waals surface area contributed by atoms with Crippen molar-refractivity contribution in [2.45, 2.75) is 31.0 Å². The summed E-state index contributed by atoms with van der Waals surface area (Å²) in [6, 6.07) is 6.81. The van der Waals surface area contributed by atoms with E-state index in [2.05, 4.69) is 9.71 Å². The molecule has 0 amide bonds. The highest BCUT2D eigenvalue weighted by molar-refractivity contribution is 7.89. The Kier molecular flexibility index (Phi) is 4.62. The quantitative estimate of drug-likeness (QED) is 0.840. The van der Waals surface area contributed by atoms with Gasteiger partial charge in [0.05, 0.1) is 6.33 Å². The van der Waals surface area contributed by atoms with Crippen LogP contribution in [0.1, 0.15) is 31.5 Å². The molecule has 0 saturated heterocycles. The zero-order chi connectivity index (χ0) is 16.3. The maximum atomic E-state index is 12.3. The number of aromatic nitrogens is 2. The van der Waals surface area contributed by atoms with Gasteiger partial charge in [0, 0.05) is 12.2 Å². The summed E-state index contributed by atoms with van der Waals surface area (Å²) >= 11 is 0. The molecule has 2 rings (SSSR count). The number of aliphatic carboxylic acids is 1. The molecule has 1 atom stereocenters. The van der Waals surface area contributed by atoms with Gasteiger partial charge in [-0.1, -0.05) is 30.3 Å². The highest BCUT2D eigenvalue weighted by Crippen LogP contribution is 2.17. The predicted molar refractivity (Wildman–Crippen MR) is 79.8 cm³/mol. The van der Waals surface area contributed by atoms with Crippen molar-refractivity contribution in [3.8, 4) is 0 Å². The highest BCUT2D eigenvalue weighted by atomic mass is 32.2. The van der Waals surface area contributed by atoms with Gasteiger partial charge in [0.2, 0.25) is 0 Å². The average Bonchev–Trinajstić information content (AvgIpc) is 2.96. The molecular formula is C14H17N3O4S. The molecule has 8 heteroatoms. The molecule has 1 aromatic heterocycles. The minimum absolute atomic E-state index is 0.0563. The van der Waals surface area contributed by atoms with Gasteiger partial charge in [0.25, 0.3) is 10.0 Å². The molecule has 0 aliphatic heterocycles. The van der Waals surface area contributed by atoms with Crippen LogP contribution in [0.5, 0.6) is 0 Å². The average molecular weight is 323 g/mol.